The molecule has 8 heteroatoms. The minimum absolute atomic E-state index is 0.157. The van der Waals surface area contributed by atoms with E-state index in [4.69, 9.17) is 0 Å². The van der Waals surface area contributed by atoms with Crippen LogP contribution in [0.2, 0.25) is 0 Å². The van der Waals surface area contributed by atoms with Crippen LogP contribution in [0.25, 0.3) is 0 Å². The SMILES string of the molecule is O=C1CC(C(=O)NCc2ccc(OC(F)(F)F)cc2)CN1. The van der Waals surface area contributed by atoms with Gasteiger partial charge in [-0.15, -0.1) is 13.2 Å². The van der Waals surface area contributed by atoms with E-state index in [0.29, 0.717) is 12.1 Å². The van der Waals surface area contributed by atoms with Crippen LogP contribution in [0.3, 0.4) is 0 Å². The fourth-order valence-corrected chi connectivity index (χ4v) is 1.93. The van der Waals surface area contributed by atoms with Gasteiger partial charge in [-0.2, -0.15) is 0 Å². The predicted molar refractivity (Wildman–Crippen MR) is 66.1 cm³/mol. The standard InChI is InChI=1S/C13H13F3N2O3/c14-13(15,16)21-10-3-1-8(2-4-10)6-18-12(20)9-5-11(19)17-7-9/h1-4,9H,5-7H2,(H,17,19)(H,18,20). The molecule has 1 heterocycles. The Morgan fingerprint density at radius 1 is 1.33 bits per heavy atom. The molecule has 5 nitrogen and oxygen atoms in total. The van der Waals surface area contributed by atoms with Crippen LogP contribution in [0.5, 0.6) is 5.75 Å². The fourth-order valence-electron chi connectivity index (χ4n) is 1.93. The third kappa shape index (κ3) is 4.66. The molecule has 1 saturated heterocycles. The van der Waals surface area contributed by atoms with Crippen molar-refractivity contribution in [1.82, 2.24) is 10.6 Å². The molecule has 1 unspecified atom stereocenters. The topological polar surface area (TPSA) is 67.4 Å². The van der Waals surface area contributed by atoms with Gasteiger partial charge in [-0.3, -0.25) is 9.59 Å². The van der Waals surface area contributed by atoms with Crippen molar-refractivity contribution in [2.45, 2.75) is 19.3 Å². The number of amides is 2. The second-order valence-electron chi connectivity index (χ2n) is 4.61. The highest BCUT2D eigenvalue weighted by Crippen LogP contribution is 2.22. The van der Waals surface area contributed by atoms with Crippen molar-refractivity contribution in [2.24, 2.45) is 5.92 Å². The third-order valence-electron chi connectivity index (χ3n) is 2.97. The Morgan fingerprint density at radius 2 is 2.00 bits per heavy atom. The molecular weight excluding hydrogens is 289 g/mol. The summed E-state index contributed by atoms with van der Waals surface area (Å²) in [5.41, 5.74) is 0.634. The maximum Gasteiger partial charge on any atom is 0.573 e. The molecule has 0 spiro atoms. The third-order valence-corrected chi connectivity index (χ3v) is 2.97. The number of hydrogen-bond donors (Lipinski definition) is 2. The number of benzene rings is 1. The first-order valence-corrected chi connectivity index (χ1v) is 6.22. The van der Waals surface area contributed by atoms with Crippen molar-refractivity contribution < 1.29 is 27.5 Å². The highest BCUT2D eigenvalue weighted by molar-refractivity contribution is 5.89. The summed E-state index contributed by atoms with van der Waals surface area (Å²) in [7, 11) is 0. The minimum atomic E-state index is -4.72. The first-order valence-electron chi connectivity index (χ1n) is 6.22. The van der Waals surface area contributed by atoms with Gasteiger partial charge in [0.25, 0.3) is 0 Å². The molecule has 1 fully saturated rings. The van der Waals surface area contributed by atoms with E-state index in [9.17, 15) is 22.8 Å². The molecule has 0 aromatic heterocycles. The van der Waals surface area contributed by atoms with Crippen LogP contribution in [-0.4, -0.2) is 24.7 Å². The van der Waals surface area contributed by atoms with Crippen LogP contribution in [0.15, 0.2) is 24.3 Å². The van der Waals surface area contributed by atoms with Gasteiger partial charge in [0.1, 0.15) is 5.75 Å². The van der Waals surface area contributed by atoms with Crippen LogP contribution >= 0.6 is 0 Å². The molecule has 0 radical (unpaired) electrons. The van der Waals surface area contributed by atoms with Gasteiger partial charge in [-0.25, -0.2) is 0 Å². The van der Waals surface area contributed by atoms with Crippen molar-refractivity contribution in [1.29, 1.82) is 0 Å². The first-order chi connectivity index (χ1) is 9.83. The van der Waals surface area contributed by atoms with Crippen molar-refractivity contribution in [3.63, 3.8) is 0 Å². The maximum atomic E-state index is 12.0. The summed E-state index contributed by atoms with van der Waals surface area (Å²) >= 11 is 0. The van der Waals surface area contributed by atoms with E-state index in [0.717, 1.165) is 0 Å². The van der Waals surface area contributed by atoms with Crippen LogP contribution in [0, 0.1) is 5.92 Å². The van der Waals surface area contributed by atoms with Crippen molar-refractivity contribution in [3.05, 3.63) is 29.8 Å². The molecule has 1 aromatic carbocycles. The second-order valence-corrected chi connectivity index (χ2v) is 4.61. The summed E-state index contributed by atoms with van der Waals surface area (Å²) in [6.07, 6.45) is -4.57. The summed E-state index contributed by atoms with van der Waals surface area (Å²) in [6, 6.07) is 5.21. The lowest BCUT2D eigenvalue weighted by Gasteiger charge is -2.11. The number of alkyl halides is 3. The van der Waals surface area contributed by atoms with Crippen molar-refractivity contribution in [2.75, 3.05) is 6.54 Å². The second kappa shape index (κ2) is 6.02. The van der Waals surface area contributed by atoms with E-state index in [1.165, 1.54) is 24.3 Å². The molecule has 1 aromatic rings. The quantitative estimate of drug-likeness (QED) is 0.882. The molecule has 0 bridgehead atoms. The first kappa shape index (κ1) is 15.1. The van der Waals surface area contributed by atoms with E-state index in [1.807, 2.05) is 0 Å². The maximum absolute atomic E-state index is 12.0. The molecule has 1 aliphatic heterocycles. The van der Waals surface area contributed by atoms with Gasteiger partial charge in [0.15, 0.2) is 0 Å². The fraction of sp³-hybridized carbons (Fsp3) is 0.385. The van der Waals surface area contributed by atoms with Crippen molar-refractivity contribution >= 4 is 11.8 Å². The molecular formula is C13H13F3N2O3. The molecule has 0 saturated carbocycles. The zero-order chi connectivity index (χ0) is 15.5. The summed E-state index contributed by atoms with van der Waals surface area (Å²) in [5, 5.41) is 5.19. The van der Waals surface area contributed by atoms with E-state index in [1.54, 1.807) is 0 Å². The van der Waals surface area contributed by atoms with E-state index in [2.05, 4.69) is 15.4 Å². The molecule has 0 aliphatic carbocycles. The van der Waals surface area contributed by atoms with Gasteiger partial charge in [0.05, 0.1) is 5.92 Å². The largest absolute Gasteiger partial charge is 0.573 e. The van der Waals surface area contributed by atoms with Gasteiger partial charge < -0.3 is 15.4 Å². The molecule has 1 atom stereocenters. The Labute approximate surface area is 118 Å². The highest BCUT2D eigenvalue weighted by Gasteiger charge is 2.31. The molecule has 114 valence electrons. The van der Waals surface area contributed by atoms with Gasteiger partial charge in [0, 0.05) is 19.5 Å². The average Bonchev–Trinajstić information content (AvgIpc) is 2.82. The Hall–Kier alpha value is -2.25. The number of hydrogen-bond acceptors (Lipinski definition) is 3. The van der Waals surface area contributed by atoms with Gasteiger partial charge >= 0.3 is 6.36 Å². The number of halogens is 3. The summed E-state index contributed by atoms with van der Waals surface area (Å²) < 4.78 is 39.7. The minimum Gasteiger partial charge on any atom is -0.406 e. The predicted octanol–water partition coefficient (Wildman–Crippen LogP) is 1.34. The Bertz CT molecular complexity index is 528. The van der Waals surface area contributed by atoms with E-state index < -0.39 is 12.3 Å². The van der Waals surface area contributed by atoms with Crippen LogP contribution in [-0.2, 0) is 16.1 Å². The molecule has 2 N–H and O–H groups in total. The summed E-state index contributed by atoms with van der Waals surface area (Å²) in [5.74, 6) is -1.14. The lowest BCUT2D eigenvalue weighted by atomic mass is 10.1. The van der Waals surface area contributed by atoms with Crippen molar-refractivity contribution in [3.8, 4) is 5.75 Å². The number of carbonyl (C=O) groups is 2. The van der Waals surface area contributed by atoms with Gasteiger partial charge in [-0.05, 0) is 17.7 Å². The lowest BCUT2D eigenvalue weighted by Crippen LogP contribution is -2.31. The molecule has 21 heavy (non-hydrogen) atoms. The zero-order valence-electron chi connectivity index (χ0n) is 10.9. The number of rotatable bonds is 4. The van der Waals surface area contributed by atoms with Gasteiger partial charge in [-0.1, -0.05) is 12.1 Å². The van der Waals surface area contributed by atoms with E-state index >= 15 is 0 Å². The number of ether oxygens (including phenoxy) is 1. The van der Waals surface area contributed by atoms with E-state index in [-0.39, 0.29) is 30.5 Å². The smallest absolute Gasteiger partial charge is 0.406 e. The van der Waals surface area contributed by atoms with Crippen LogP contribution in [0.1, 0.15) is 12.0 Å². The molecule has 2 amide bonds. The number of nitrogens with one attached hydrogen (secondary N) is 2. The Kier molecular flexibility index (Phi) is 4.35. The molecule has 2 rings (SSSR count). The normalized spacial score (nSPS) is 18.2. The Balaban J connectivity index is 1.83. The van der Waals surface area contributed by atoms with Gasteiger partial charge in [0.2, 0.25) is 11.8 Å². The monoisotopic (exact) mass is 302 g/mol. The zero-order valence-corrected chi connectivity index (χ0v) is 10.9. The van der Waals surface area contributed by atoms with Crippen LogP contribution < -0.4 is 15.4 Å². The molecule has 1 aliphatic rings. The number of carbonyl (C=O) groups excluding carboxylic acids is 2. The summed E-state index contributed by atoms with van der Waals surface area (Å²) in [4.78, 5) is 22.7. The van der Waals surface area contributed by atoms with Crippen LogP contribution in [0.4, 0.5) is 13.2 Å². The average molecular weight is 302 g/mol. The Morgan fingerprint density at radius 3 is 2.52 bits per heavy atom. The highest BCUT2D eigenvalue weighted by atomic mass is 19.4. The lowest BCUT2D eigenvalue weighted by molar-refractivity contribution is -0.274. The summed E-state index contributed by atoms with van der Waals surface area (Å²) in [6.45, 7) is 0.485.